The molecule has 1 aliphatic carbocycles. The molecule has 10 heteroatoms. The lowest BCUT2D eigenvalue weighted by Crippen LogP contribution is -2.59. The number of alkyl halides is 3. The fourth-order valence-electron chi connectivity index (χ4n) is 4.73. The Bertz CT molecular complexity index is 1060. The molecular weight excluding hydrogens is 482 g/mol. The number of hydrogen-bond donors (Lipinski definition) is 1. The monoisotopic (exact) mass is 511 g/mol. The summed E-state index contributed by atoms with van der Waals surface area (Å²) in [5.74, 6) is -1.66. The van der Waals surface area contributed by atoms with Crippen LogP contribution in [0.3, 0.4) is 0 Å². The van der Waals surface area contributed by atoms with Crippen LogP contribution in [0.15, 0.2) is 48.5 Å². The fraction of sp³-hybridized carbons (Fsp3) is 0.500. The highest BCUT2D eigenvalue weighted by Crippen LogP contribution is 2.44. The van der Waals surface area contributed by atoms with E-state index in [4.69, 9.17) is 18.9 Å². The lowest BCUT2D eigenvalue weighted by atomic mass is 9.78. The van der Waals surface area contributed by atoms with E-state index in [2.05, 4.69) is 5.32 Å². The Morgan fingerprint density at radius 1 is 1.00 bits per heavy atom. The van der Waals surface area contributed by atoms with Crippen molar-refractivity contribution in [3.05, 3.63) is 71.0 Å². The molecule has 1 aliphatic heterocycles. The summed E-state index contributed by atoms with van der Waals surface area (Å²) in [5.41, 5.74) is -0.834. The number of likely N-dealkylation sites (N-methyl/N-ethyl adjacent to an activating group) is 1. The van der Waals surface area contributed by atoms with Gasteiger partial charge in [0.15, 0.2) is 11.4 Å². The highest BCUT2D eigenvalue weighted by atomic mass is 19.4. The Kier molecular flexibility index (Phi) is 7.43. The van der Waals surface area contributed by atoms with Crippen molar-refractivity contribution in [2.24, 2.45) is 0 Å². The standard InChI is InChI=1S/C26H29F4NO5/c1-24(2)35-21-13-25(23(32)31-3,34-15-17-6-10-19(27)11-7-17)12-20(22(21)36-24)33-14-16-4-8-18(9-5-16)26(28,29)30/h4-11,20-22H,12-15H2,1-3H3,(H,31,32)/t20?,21-,22+,25-/m1/s1. The van der Waals surface area contributed by atoms with Gasteiger partial charge in [0.1, 0.15) is 11.9 Å². The number of halogens is 4. The van der Waals surface area contributed by atoms with Crippen LogP contribution in [0.2, 0.25) is 0 Å². The molecular formula is C26H29F4NO5. The van der Waals surface area contributed by atoms with Gasteiger partial charge in [0.05, 0.1) is 31.0 Å². The van der Waals surface area contributed by atoms with Gasteiger partial charge in [0, 0.05) is 19.9 Å². The zero-order valence-corrected chi connectivity index (χ0v) is 20.2. The molecule has 1 saturated carbocycles. The van der Waals surface area contributed by atoms with Gasteiger partial charge < -0.3 is 24.3 Å². The predicted octanol–water partition coefficient (Wildman–Crippen LogP) is 4.75. The van der Waals surface area contributed by atoms with E-state index in [0.717, 1.165) is 12.1 Å². The van der Waals surface area contributed by atoms with Gasteiger partial charge in [-0.3, -0.25) is 4.79 Å². The zero-order valence-electron chi connectivity index (χ0n) is 20.2. The van der Waals surface area contributed by atoms with E-state index in [0.29, 0.717) is 11.1 Å². The summed E-state index contributed by atoms with van der Waals surface area (Å²) < 4.78 is 76.4. The molecule has 1 saturated heterocycles. The first-order valence-electron chi connectivity index (χ1n) is 11.6. The molecule has 1 N–H and O–H groups in total. The third-order valence-electron chi connectivity index (χ3n) is 6.46. The number of ether oxygens (including phenoxy) is 4. The third kappa shape index (κ3) is 5.88. The van der Waals surface area contributed by atoms with Gasteiger partial charge in [0.2, 0.25) is 0 Å². The summed E-state index contributed by atoms with van der Waals surface area (Å²) in [6.07, 6.45) is -5.74. The highest BCUT2D eigenvalue weighted by molar-refractivity contribution is 5.85. The van der Waals surface area contributed by atoms with E-state index in [1.807, 2.05) is 0 Å². The van der Waals surface area contributed by atoms with E-state index in [1.165, 1.54) is 31.3 Å². The summed E-state index contributed by atoms with van der Waals surface area (Å²) in [6.45, 7) is 3.59. The smallest absolute Gasteiger partial charge is 0.371 e. The number of nitrogens with one attached hydrogen (secondary N) is 1. The van der Waals surface area contributed by atoms with E-state index in [1.54, 1.807) is 26.0 Å². The normalized spacial score (nSPS) is 27.5. The maximum atomic E-state index is 13.3. The van der Waals surface area contributed by atoms with Crippen molar-refractivity contribution in [1.29, 1.82) is 0 Å². The number of carbonyl (C=O) groups is 1. The average Bonchev–Trinajstić information content (AvgIpc) is 3.15. The summed E-state index contributed by atoms with van der Waals surface area (Å²) >= 11 is 0. The summed E-state index contributed by atoms with van der Waals surface area (Å²) in [4.78, 5) is 13.1. The Labute approximate surface area is 206 Å². The van der Waals surface area contributed by atoms with Crippen molar-refractivity contribution in [3.8, 4) is 0 Å². The second-order valence-corrected chi connectivity index (χ2v) is 9.58. The third-order valence-corrected chi connectivity index (χ3v) is 6.46. The molecule has 0 spiro atoms. The summed E-state index contributed by atoms with van der Waals surface area (Å²) in [7, 11) is 1.51. The van der Waals surface area contributed by atoms with Gasteiger partial charge in [-0.25, -0.2) is 4.39 Å². The van der Waals surface area contributed by atoms with Crippen LogP contribution in [0.4, 0.5) is 17.6 Å². The van der Waals surface area contributed by atoms with Crippen molar-refractivity contribution in [3.63, 3.8) is 0 Å². The molecule has 2 aromatic rings. The van der Waals surface area contributed by atoms with Crippen LogP contribution < -0.4 is 5.32 Å². The quantitative estimate of drug-likeness (QED) is 0.544. The number of hydrogen-bond acceptors (Lipinski definition) is 5. The first-order chi connectivity index (χ1) is 16.9. The van der Waals surface area contributed by atoms with Crippen LogP contribution in [0.5, 0.6) is 0 Å². The molecule has 2 aliphatic rings. The van der Waals surface area contributed by atoms with Gasteiger partial charge in [-0.15, -0.1) is 0 Å². The first kappa shape index (κ1) is 26.5. The van der Waals surface area contributed by atoms with Crippen LogP contribution in [-0.2, 0) is 43.1 Å². The number of carbonyl (C=O) groups excluding carboxylic acids is 1. The minimum absolute atomic E-state index is 0.0115. The molecule has 0 bridgehead atoms. The van der Waals surface area contributed by atoms with Gasteiger partial charge in [-0.2, -0.15) is 13.2 Å². The van der Waals surface area contributed by atoms with Crippen LogP contribution >= 0.6 is 0 Å². The van der Waals surface area contributed by atoms with Gasteiger partial charge in [-0.1, -0.05) is 24.3 Å². The topological polar surface area (TPSA) is 66.0 Å². The van der Waals surface area contributed by atoms with Crippen molar-refractivity contribution >= 4 is 5.91 Å². The molecule has 196 valence electrons. The molecule has 6 nitrogen and oxygen atoms in total. The second-order valence-electron chi connectivity index (χ2n) is 9.58. The van der Waals surface area contributed by atoms with Crippen LogP contribution in [0.1, 0.15) is 43.4 Å². The molecule has 36 heavy (non-hydrogen) atoms. The molecule has 4 atom stereocenters. The average molecular weight is 512 g/mol. The largest absolute Gasteiger partial charge is 0.416 e. The van der Waals surface area contributed by atoms with Gasteiger partial charge >= 0.3 is 6.18 Å². The van der Waals surface area contributed by atoms with Gasteiger partial charge in [-0.05, 0) is 49.2 Å². The maximum absolute atomic E-state index is 13.3. The van der Waals surface area contributed by atoms with E-state index in [-0.39, 0.29) is 37.8 Å². The second kappa shape index (κ2) is 10.1. The molecule has 2 fully saturated rings. The highest BCUT2D eigenvalue weighted by Gasteiger charge is 2.57. The molecule has 1 amide bonds. The molecule has 0 radical (unpaired) electrons. The molecule has 1 unspecified atom stereocenters. The van der Waals surface area contributed by atoms with Crippen LogP contribution in [0, 0.1) is 5.82 Å². The zero-order chi connectivity index (χ0) is 26.1. The number of amides is 1. The van der Waals surface area contributed by atoms with E-state index in [9.17, 15) is 22.4 Å². The summed E-state index contributed by atoms with van der Waals surface area (Å²) in [6, 6.07) is 10.5. The number of benzene rings is 2. The Hall–Kier alpha value is -2.53. The van der Waals surface area contributed by atoms with E-state index >= 15 is 0 Å². The SMILES string of the molecule is CNC(=O)[C@@]1(OCc2ccc(F)cc2)CC(OCc2ccc(C(F)(F)F)cc2)[C@@H]2OC(C)(C)O[C@@H]2C1. The molecule has 2 aromatic carbocycles. The molecule has 4 rings (SSSR count). The molecule has 0 aromatic heterocycles. The first-order valence-corrected chi connectivity index (χ1v) is 11.6. The summed E-state index contributed by atoms with van der Waals surface area (Å²) in [5, 5.41) is 2.65. The van der Waals surface area contributed by atoms with Crippen molar-refractivity contribution in [2.45, 2.75) is 75.8 Å². The van der Waals surface area contributed by atoms with Crippen molar-refractivity contribution in [2.75, 3.05) is 7.05 Å². The number of rotatable bonds is 7. The minimum Gasteiger partial charge on any atom is -0.371 e. The fourth-order valence-corrected chi connectivity index (χ4v) is 4.73. The Balaban J connectivity index is 1.55. The lowest BCUT2D eigenvalue weighted by molar-refractivity contribution is -0.183. The van der Waals surface area contributed by atoms with Crippen LogP contribution in [-0.4, -0.2) is 42.7 Å². The van der Waals surface area contributed by atoms with Crippen molar-refractivity contribution in [1.82, 2.24) is 5.32 Å². The van der Waals surface area contributed by atoms with E-state index < -0.39 is 41.4 Å². The predicted molar refractivity (Wildman–Crippen MR) is 121 cm³/mol. The Morgan fingerprint density at radius 3 is 2.22 bits per heavy atom. The van der Waals surface area contributed by atoms with Gasteiger partial charge in [0.25, 0.3) is 5.91 Å². The van der Waals surface area contributed by atoms with Crippen LogP contribution in [0.25, 0.3) is 0 Å². The Morgan fingerprint density at radius 2 is 1.61 bits per heavy atom. The number of fused-ring (bicyclic) bond motifs is 1. The maximum Gasteiger partial charge on any atom is 0.416 e. The van der Waals surface area contributed by atoms with Crippen molar-refractivity contribution < 1.29 is 41.3 Å². The minimum atomic E-state index is -4.43. The lowest BCUT2D eigenvalue weighted by Gasteiger charge is -2.43. The molecule has 1 heterocycles.